The Kier molecular flexibility index (Phi) is 8.34. The predicted octanol–water partition coefficient (Wildman–Crippen LogP) is 14.3. The number of rotatable bonds is 6. The highest BCUT2D eigenvalue weighted by Crippen LogP contribution is 2.43. The quantitative estimate of drug-likeness (QED) is 0.162. The van der Waals surface area contributed by atoms with Crippen molar-refractivity contribution in [3.8, 4) is 27.9 Å². The Morgan fingerprint density at radius 3 is 1.84 bits per heavy atom. The maximum Gasteiger partial charge on any atom is 0.160 e. The highest BCUT2D eigenvalue weighted by molar-refractivity contribution is 7.26. The van der Waals surface area contributed by atoms with E-state index in [4.69, 9.17) is 9.98 Å². The molecule has 0 fully saturated rings. The zero-order valence-corrected chi connectivity index (χ0v) is 32.3. The fourth-order valence-corrected chi connectivity index (χ4v) is 9.46. The molecule has 3 heterocycles. The van der Waals surface area contributed by atoms with E-state index >= 15 is 0 Å². The number of amidine groups is 1. The van der Waals surface area contributed by atoms with Crippen LogP contribution in [0.2, 0.25) is 0 Å². The molecule has 0 aliphatic carbocycles. The van der Waals surface area contributed by atoms with E-state index in [1.54, 1.807) is 0 Å². The van der Waals surface area contributed by atoms with Crippen LogP contribution in [0.15, 0.2) is 222 Å². The molecule has 0 radical (unpaired) electrons. The molecule has 3 nitrogen and oxygen atoms in total. The van der Waals surface area contributed by atoms with Gasteiger partial charge in [-0.05, 0) is 70.8 Å². The number of thiophene rings is 1. The summed E-state index contributed by atoms with van der Waals surface area (Å²) in [4.78, 5) is 10.3. The molecule has 1 aliphatic heterocycles. The molecule has 0 amide bonds. The van der Waals surface area contributed by atoms with Gasteiger partial charge in [0.05, 0.1) is 22.4 Å². The van der Waals surface area contributed by atoms with Gasteiger partial charge in [-0.25, -0.2) is 9.98 Å². The number of nitrogens with zero attached hydrogens (tertiary/aromatic N) is 3. The molecule has 4 heteroatoms. The lowest BCUT2D eigenvalue weighted by molar-refractivity contribution is 1.18. The highest BCUT2D eigenvalue weighted by Gasteiger charge is 2.17. The molecule has 10 aromatic rings. The second-order valence-electron chi connectivity index (χ2n) is 14.6. The van der Waals surface area contributed by atoms with Gasteiger partial charge in [0.2, 0.25) is 0 Å². The molecule has 0 N–H and O–H groups in total. The van der Waals surface area contributed by atoms with Crippen molar-refractivity contribution < 1.29 is 0 Å². The van der Waals surface area contributed by atoms with Gasteiger partial charge in [-0.1, -0.05) is 164 Å². The van der Waals surface area contributed by atoms with Gasteiger partial charge in [-0.2, -0.15) is 0 Å². The zero-order valence-electron chi connectivity index (χ0n) is 31.5. The molecule has 11 rings (SSSR count). The summed E-state index contributed by atoms with van der Waals surface area (Å²) in [5.41, 5.74) is 13.2. The van der Waals surface area contributed by atoms with Crippen molar-refractivity contribution in [2.75, 3.05) is 0 Å². The van der Waals surface area contributed by atoms with Gasteiger partial charge in [0.15, 0.2) is 5.84 Å². The van der Waals surface area contributed by atoms with Crippen molar-refractivity contribution in [3.63, 3.8) is 0 Å². The Morgan fingerprint density at radius 1 is 0.414 bits per heavy atom. The van der Waals surface area contributed by atoms with Crippen LogP contribution in [0.25, 0.3) is 75.6 Å². The van der Waals surface area contributed by atoms with Crippen molar-refractivity contribution in [1.82, 2.24) is 4.57 Å². The molecule has 0 saturated heterocycles. The summed E-state index contributed by atoms with van der Waals surface area (Å²) in [5, 5.41) is 4.97. The van der Waals surface area contributed by atoms with Crippen LogP contribution in [0, 0.1) is 0 Å². The SMILES string of the molecule is C1=C/C(c2ccccc2)=N\C(c2ccccc2)=N/C(c2ccc3sc4c(-c5ccc6c7ccccc7n(-c7ccc(-c8ccccc8)cc7)c6c5)cccc4c3c2)=C/1. The highest BCUT2D eigenvalue weighted by atomic mass is 32.1. The van der Waals surface area contributed by atoms with E-state index in [2.05, 4.69) is 181 Å². The lowest BCUT2D eigenvalue weighted by Gasteiger charge is -2.11. The summed E-state index contributed by atoms with van der Waals surface area (Å²) in [5.74, 6) is 0.688. The van der Waals surface area contributed by atoms with Crippen molar-refractivity contribution in [2.24, 2.45) is 9.98 Å². The number of benzene rings is 8. The third-order valence-corrected chi connectivity index (χ3v) is 12.3. The topological polar surface area (TPSA) is 29.6 Å². The second kappa shape index (κ2) is 14.3. The van der Waals surface area contributed by atoms with Crippen molar-refractivity contribution in [1.29, 1.82) is 0 Å². The number of hydrogen-bond donors (Lipinski definition) is 0. The minimum atomic E-state index is 0.688. The van der Waals surface area contributed by atoms with Crippen LogP contribution < -0.4 is 0 Å². The predicted molar refractivity (Wildman–Crippen MR) is 248 cm³/mol. The first kappa shape index (κ1) is 33.9. The average Bonchev–Trinajstić information content (AvgIpc) is 3.83. The first-order valence-corrected chi connectivity index (χ1v) is 20.4. The third-order valence-electron chi connectivity index (χ3n) is 11.1. The number of allylic oxidation sites excluding steroid dienone is 3. The van der Waals surface area contributed by atoms with Gasteiger partial charge >= 0.3 is 0 Å². The molecule has 0 unspecified atom stereocenters. The number of aromatic nitrogens is 1. The van der Waals surface area contributed by atoms with Crippen LogP contribution in [0.1, 0.15) is 16.7 Å². The first-order valence-electron chi connectivity index (χ1n) is 19.6. The first-order chi connectivity index (χ1) is 28.7. The number of aliphatic imine (C=N–C) groups is 2. The van der Waals surface area contributed by atoms with Gasteiger partial charge < -0.3 is 4.57 Å². The van der Waals surface area contributed by atoms with Crippen LogP contribution in [-0.4, -0.2) is 16.1 Å². The van der Waals surface area contributed by atoms with E-state index in [0.29, 0.717) is 5.84 Å². The van der Waals surface area contributed by atoms with Crippen molar-refractivity contribution >= 4 is 70.6 Å². The fraction of sp³-hybridized carbons (Fsp3) is 0. The van der Waals surface area contributed by atoms with Crippen molar-refractivity contribution in [3.05, 3.63) is 229 Å². The number of hydrogen-bond acceptors (Lipinski definition) is 3. The molecule has 58 heavy (non-hydrogen) atoms. The second-order valence-corrected chi connectivity index (χ2v) is 15.6. The molecule has 1 aliphatic rings. The van der Waals surface area contributed by atoms with Crippen LogP contribution in [0.4, 0.5) is 0 Å². The van der Waals surface area contributed by atoms with Crippen LogP contribution in [0.5, 0.6) is 0 Å². The molecule has 2 aromatic heterocycles. The summed E-state index contributed by atoms with van der Waals surface area (Å²) < 4.78 is 4.94. The fourth-order valence-electron chi connectivity index (χ4n) is 8.24. The molecule has 272 valence electrons. The summed E-state index contributed by atoms with van der Waals surface area (Å²) in [6, 6.07) is 69.2. The maximum atomic E-state index is 5.23. The monoisotopic (exact) mass is 757 g/mol. The Bertz CT molecular complexity index is 3290. The van der Waals surface area contributed by atoms with Crippen LogP contribution in [0.3, 0.4) is 0 Å². The average molecular weight is 758 g/mol. The number of fused-ring (bicyclic) bond motifs is 6. The van der Waals surface area contributed by atoms with Gasteiger partial charge in [-0.3, -0.25) is 0 Å². The normalized spacial score (nSPS) is 16.3. The van der Waals surface area contributed by atoms with Crippen LogP contribution in [-0.2, 0) is 0 Å². The maximum absolute atomic E-state index is 5.23. The molecular weight excluding hydrogens is 723 g/mol. The Labute approximate surface area is 340 Å². The van der Waals surface area contributed by atoms with E-state index < -0.39 is 0 Å². The van der Waals surface area contributed by atoms with Gasteiger partial charge in [0.25, 0.3) is 0 Å². The lowest BCUT2D eigenvalue weighted by atomic mass is 10.00. The summed E-state index contributed by atoms with van der Waals surface area (Å²) in [6.45, 7) is 0. The van der Waals surface area contributed by atoms with E-state index in [1.807, 2.05) is 47.7 Å². The third kappa shape index (κ3) is 5.99. The molecule has 0 spiro atoms. The Balaban J connectivity index is 1.01. The zero-order chi connectivity index (χ0) is 38.4. The van der Waals surface area contributed by atoms with Gasteiger partial charge in [0.1, 0.15) is 0 Å². The van der Waals surface area contributed by atoms with Gasteiger partial charge in [0, 0.05) is 53.3 Å². The van der Waals surface area contributed by atoms with Gasteiger partial charge in [-0.15, -0.1) is 11.3 Å². The summed E-state index contributed by atoms with van der Waals surface area (Å²) >= 11 is 1.85. The molecule has 0 saturated carbocycles. The van der Waals surface area contributed by atoms with E-state index in [1.165, 1.54) is 64.2 Å². The summed E-state index contributed by atoms with van der Waals surface area (Å²) in [6.07, 6.45) is 6.24. The molecule has 8 aromatic carbocycles. The smallest absolute Gasteiger partial charge is 0.160 e. The van der Waals surface area contributed by atoms with E-state index in [-0.39, 0.29) is 0 Å². The molecule has 0 atom stereocenters. The minimum Gasteiger partial charge on any atom is -0.309 e. The Morgan fingerprint density at radius 2 is 1.05 bits per heavy atom. The van der Waals surface area contributed by atoms with E-state index in [0.717, 1.165) is 33.8 Å². The minimum absolute atomic E-state index is 0.688. The van der Waals surface area contributed by atoms with E-state index in [9.17, 15) is 0 Å². The van der Waals surface area contributed by atoms with Crippen molar-refractivity contribution in [2.45, 2.75) is 0 Å². The van der Waals surface area contributed by atoms with Crippen LogP contribution >= 0.6 is 11.3 Å². The molecule has 0 bridgehead atoms. The number of para-hydroxylation sites is 1. The standard InChI is InChI=1S/C54H35N3S/c1-4-14-36(15-5-1)37-26-30-42(31-27-37)57-50-25-11-10-20-44(50)45-32-28-40(35-51(45)57)43-21-12-22-46-47-34-41(29-33-52(47)58-53(43)46)49-24-13-23-48(38-16-6-2-7-17-38)55-54(56-49)39-18-8-3-9-19-39/h1-35H/b23-13+,24-13?,48-23?,49-24+,55-48+,55-54?,56-49?,56-54-. The molecular formula is C54H35N3S. The largest absolute Gasteiger partial charge is 0.309 e. The summed E-state index contributed by atoms with van der Waals surface area (Å²) in [7, 11) is 0. The lowest BCUT2D eigenvalue weighted by Crippen LogP contribution is -2.06. The Hall–Kier alpha value is -7.40.